The lowest BCUT2D eigenvalue weighted by atomic mass is 9.89. The average Bonchev–Trinajstić information content (AvgIpc) is 2.62. The number of ketones is 1. The van der Waals surface area contributed by atoms with Crippen LogP contribution in [0.5, 0.6) is 0 Å². The smallest absolute Gasteiger partial charge is 0.321 e. The Hall–Kier alpha value is -2.03. The zero-order chi connectivity index (χ0) is 18.8. The fourth-order valence-electron chi connectivity index (χ4n) is 2.41. The van der Waals surface area contributed by atoms with Crippen LogP contribution in [-0.4, -0.2) is 18.4 Å². The summed E-state index contributed by atoms with van der Waals surface area (Å²) in [4.78, 5) is 25.5. The molecule has 0 saturated heterocycles. The molecular weight excluding hydrogens is 359 g/mol. The maximum atomic E-state index is 13.0. The molecule has 0 N–H and O–H groups in total. The Bertz CT molecular complexity index is 698. The summed E-state index contributed by atoms with van der Waals surface area (Å²) in [6, 6.07) is 14.2. The lowest BCUT2D eigenvalue weighted by Gasteiger charge is -2.17. The van der Waals surface area contributed by atoms with Crippen molar-refractivity contribution >= 4 is 32.5 Å². The quantitative estimate of drug-likeness (QED) is 0.305. The van der Waals surface area contributed by atoms with E-state index in [0.29, 0.717) is 22.6 Å². The van der Waals surface area contributed by atoms with Crippen LogP contribution in [0.3, 0.4) is 0 Å². The standard InChI is InChI=1S/C19H19ClO3.HOP/c1-3-12-23-19(22)17(14-9-5-4-6-10-14)18(21)16-13(2)8-7-11-15(16)20;1-2/h4-11,17H,3,12H2,1-2H3;2H. The fraction of sp³-hybridized carbons (Fsp3) is 0.263. The molecule has 0 aliphatic rings. The van der Waals surface area contributed by atoms with Crippen molar-refractivity contribution in [1.29, 1.82) is 0 Å². The van der Waals surface area contributed by atoms with Crippen LogP contribution in [-0.2, 0) is 14.1 Å². The molecule has 2 aromatic rings. The van der Waals surface area contributed by atoms with Gasteiger partial charge in [0.25, 0.3) is 0 Å². The first-order valence-corrected chi connectivity index (χ1v) is 8.56. The van der Waals surface area contributed by atoms with Gasteiger partial charge in [-0.05, 0) is 30.5 Å². The average molecular weight is 379 g/mol. The highest BCUT2D eigenvalue weighted by Crippen LogP contribution is 2.28. The van der Waals surface area contributed by atoms with Crippen molar-refractivity contribution in [2.24, 2.45) is 0 Å². The Morgan fingerprint density at radius 1 is 1.08 bits per heavy atom. The largest absolute Gasteiger partial charge is 0.465 e. The predicted molar refractivity (Wildman–Crippen MR) is 100.0 cm³/mol. The predicted octanol–water partition coefficient (Wildman–Crippen LogP) is 5.04. The highest BCUT2D eigenvalue weighted by Gasteiger charge is 2.32. The summed E-state index contributed by atoms with van der Waals surface area (Å²) >= 11 is 6.19. The Morgan fingerprint density at radius 3 is 2.28 bits per heavy atom. The highest BCUT2D eigenvalue weighted by molar-refractivity contribution is 7.00. The van der Waals surface area contributed by atoms with Gasteiger partial charge in [-0.1, -0.05) is 61.0 Å². The number of Topliss-reactive ketones (excluding diaryl/α,β-unsaturated/α-hetero) is 1. The number of carbonyl (C=O) groups excluding carboxylic acids is 2. The van der Waals surface area contributed by atoms with Crippen LogP contribution in [0.15, 0.2) is 48.5 Å². The maximum absolute atomic E-state index is 13.0. The second kappa shape index (κ2) is 10.8. The van der Waals surface area contributed by atoms with Gasteiger partial charge in [0.1, 0.15) is 15.0 Å². The van der Waals surface area contributed by atoms with Gasteiger partial charge in [0.2, 0.25) is 0 Å². The fourth-order valence-corrected chi connectivity index (χ4v) is 2.73. The van der Waals surface area contributed by atoms with Gasteiger partial charge in [0.15, 0.2) is 5.78 Å². The summed E-state index contributed by atoms with van der Waals surface area (Å²) in [6.07, 6.45) is 0.701. The summed E-state index contributed by atoms with van der Waals surface area (Å²) in [5.41, 5.74) is 1.72. The highest BCUT2D eigenvalue weighted by atomic mass is 35.5. The zero-order valence-corrected chi connectivity index (χ0v) is 15.9. The molecule has 0 spiro atoms. The van der Waals surface area contributed by atoms with E-state index in [0.717, 1.165) is 5.56 Å². The second-order valence-corrected chi connectivity index (χ2v) is 5.71. The van der Waals surface area contributed by atoms with Crippen LogP contribution in [0.2, 0.25) is 5.02 Å². The Morgan fingerprint density at radius 2 is 1.72 bits per heavy atom. The van der Waals surface area contributed by atoms with Gasteiger partial charge in [-0.25, -0.2) is 0 Å². The van der Waals surface area contributed by atoms with Gasteiger partial charge < -0.3 is 4.74 Å². The molecule has 0 fully saturated rings. The normalized spacial score (nSPS) is 11.0. The number of ether oxygens (including phenoxy) is 1. The minimum Gasteiger partial charge on any atom is -0.465 e. The molecule has 25 heavy (non-hydrogen) atoms. The number of benzene rings is 2. The van der Waals surface area contributed by atoms with E-state index in [9.17, 15) is 9.59 Å². The molecule has 0 aliphatic heterocycles. The number of carbonyl (C=O) groups is 2. The number of hydrogen-bond acceptors (Lipinski definition) is 4. The van der Waals surface area contributed by atoms with E-state index in [1.54, 1.807) is 58.5 Å². The molecule has 2 rings (SSSR count). The van der Waals surface area contributed by atoms with Crippen molar-refractivity contribution in [3.05, 3.63) is 70.2 Å². The third-order valence-electron chi connectivity index (χ3n) is 3.55. The molecule has 0 radical (unpaired) electrons. The Kier molecular flexibility index (Phi) is 9.04. The Balaban J connectivity index is 0.00000151. The molecule has 1 atom stereocenters. The van der Waals surface area contributed by atoms with Gasteiger partial charge in [-0.3, -0.25) is 14.2 Å². The van der Waals surface area contributed by atoms with E-state index >= 15 is 0 Å². The van der Waals surface area contributed by atoms with Gasteiger partial charge >= 0.3 is 5.97 Å². The van der Waals surface area contributed by atoms with Crippen molar-refractivity contribution < 1.29 is 18.9 Å². The topological polar surface area (TPSA) is 60.4 Å². The van der Waals surface area contributed by atoms with Gasteiger partial charge in [-0.2, -0.15) is 0 Å². The Labute approximate surface area is 154 Å². The number of halogens is 1. The number of hydrogen-bond donors (Lipinski definition) is 0. The molecule has 2 aromatic carbocycles. The molecule has 0 heterocycles. The van der Waals surface area contributed by atoms with Gasteiger partial charge in [-0.15, -0.1) is 0 Å². The van der Waals surface area contributed by atoms with Crippen LogP contribution in [0.4, 0.5) is 0 Å². The van der Waals surface area contributed by atoms with Gasteiger partial charge in [0, 0.05) is 5.56 Å². The van der Waals surface area contributed by atoms with E-state index in [1.807, 2.05) is 13.0 Å². The molecule has 6 heteroatoms. The van der Waals surface area contributed by atoms with E-state index in [1.165, 1.54) is 0 Å². The first-order chi connectivity index (χ1) is 12.1. The first-order valence-electron chi connectivity index (χ1n) is 7.77. The minimum atomic E-state index is -0.999. The number of aryl methyl sites for hydroxylation is 1. The van der Waals surface area contributed by atoms with Crippen molar-refractivity contribution in [3.8, 4) is 0 Å². The molecule has 0 aromatic heterocycles. The SMILES string of the molecule is CCCOC(=O)C(C(=O)c1c(C)cccc1Cl)c1ccccc1.O=P. The summed E-state index contributed by atoms with van der Waals surface area (Å²) in [5.74, 6) is -1.87. The van der Waals surface area contributed by atoms with Crippen molar-refractivity contribution in [2.75, 3.05) is 6.61 Å². The molecular formula is C19H20ClO4P. The van der Waals surface area contributed by atoms with Gasteiger partial charge in [0.05, 0.1) is 11.6 Å². The van der Waals surface area contributed by atoms with Crippen LogP contribution in [0.1, 0.15) is 40.7 Å². The van der Waals surface area contributed by atoms with E-state index < -0.39 is 11.9 Å². The monoisotopic (exact) mass is 378 g/mol. The number of esters is 1. The second-order valence-electron chi connectivity index (χ2n) is 5.31. The van der Waals surface area contributed by atoms with E-state index in [4.69, 9.17) is 20.9 Å². The van der Waals surface area contributed by atoms with Crippen LogP contribution >= 0.6 is 20.7 Å². The summed E-state index contributed by atoms with van der Waals surface area (Å²) in [5, 5.41) is 0.347. The lowest BCUT2D eigenvalue weighted by Crippen LogP contribution is -2.25. The van der Waals surface area contributed by atoms with Crippen molar-refractivity contribution in [1.82, 2.24) is 0 Å². The lowest BCUT2D eigenvalue weighted by molar-refractivity contribution is -0.144. The molecule has 1 unspecified atom stereocenters. The van der Waals surface area contributed by atoms with Crippen molar-refractivity contribution in [2.45, 2.75) is 26.2 Å². The maximum Gasteiger partial charge on any atom is 0.321 e. The first kappa shape index (κ1) is 21.0. The van der Waals surface area contributed by atoms with E-state index in [-0.39, 0.29) is 12.4 Å². The minimum absolute atomic E-state index is 0.289. The summed E-state index contributed by atoms with van der Waals surface area (Å²) in [7, 11) is 1.72. The summed E-state index contributed by atoms with van der Waals surface area (Å²) < 4.78 is 13.3. The van der Waals surface area contributed by atoms with E-state index in [2.05, 4.69) is 0 Å². The molecule has 0 bridgehead atoms. The third-order valence-corrected chi connectivity index (χ3v) is 3.86. The molecule has 0 aliphatic carbocycles. The molecule has 132 valence electrons. The molecule has 0 saturated carbocycles. The number of rotatable bonds is 6. The van der Waals surface area contributed by atoms with Crippen LogP contribution < -0.4 is 0 Å². The van der Waals surface area contributed by atoms with Crippen molar-refractivity contribution in [3.63, 3.8) is 0 Å². The summed E-state index contributed by atoms with van der Waals surface area (Å²) in [6.45, 7) is 4.00. The van der Waals surface area contributed by atoms with Crippen LogP contribution in [0, 0.1) is 6.92 Å². The molecule has 4 nitrogen and oxygen atoms in total. The molecule has 0 amide bonds. The zero-order valence-electron chi connectivity index (χ0n) is 14.1. The van der Waals surface area contributed by atoms with Crippen LogP contribution in [0.25, 0.3) is 0 Å². The third kappa shape index (κ3) is 5.48.